The highest BCUT2D eigenvalue weighted by atomic mass is 16.5. The van der Waals surface area contributed by atoms with Gasteiger partial charge in [0.2, 0.25) is 5.91 Å². The minimum Gasteiger partial charge on any atom is -0.493 e. The monoisotopic (exact) mass is 380 g/mol. The molecule has 0 spiro atoms. The number of anilines is 1. The summed E-state index contributed by atoms with van der Waals surface area (Å²) in [4.78, 5) is 16.8. The molecule has 2 fully saturated rings. The van der Waals surface area contributed by atoms with Gasteiger partial charge >= 0.3 is 0 Å². The Morgan fingerprint density at radius 3 is 2.50 bits per heavy atom. The van der Waals surface area contributed by atoms with Crippen LogP contribution in [-0.2, 0) is 11.3 Å². The smallest absolute Gasteiger partial charge is 0.242 e. The molecule has 0 radical (unpaired) electrons. The second-order valence-electron chi connectivity index (χ2n) is 7.58. The molecule has 1 saturated heterocycles. The van der Waals surface area contributed by atoms with E-state index in [1.807, 2.05) is 41.3 Å². The second kappa shape index (κ2) is 8.55. The molecule has 28 heavy (non-hydrogen) atoms. The van der Waals surface area contributed by atoms with E-state index >= 15 is 0 Å². The molecule has 5 nitrogen and oxygen atoms in total. The van der Waals surface area contributed by atoms with Crippen LogP contribution in [0.4, 0.5) is 5.69 Å². The summed E-state index contributed by atoms with van der Waals surface area (Å²) in [5.41, 5.74) is 2.18. The molecule has 2 aromatic rings. The van der Waals surface area contributed by atoms with Crippen molar-refractivity contribution >= 4 is 11.6 Å². The van der Waals surface area contributed by atoms with Crippen LogP contribution in [0.3, 0.4) is 0 Å². The molecule has 0 aromatic heterocycles. The van der Waals surface area contributed by atoms with Crippen molar-refractivity contribution in [2.75, 3.05) is 31.6 Å². The third-order valence-corrected chi connectivity index (χ3v) is 5.64. The Morgan fingerprint density at radius 1 is 1.00 bits per heavy atom. The molecule has 1 aliphatic carbocycles. The van der Waals surface area contributed by atoms with Crippen LogP contribution in [-0.4, -0.2) is 43.7 Å². The molecule has 2 aromatic carbocycles. The van der Waals surface area contributed by atoms with Crippen LogP contribution in [0.2, 0.25) is 0 Å². The summed E-state index contributed by atoms with van der Waals surface area (Å²) in [6, 6.07) is 16.1. The zero-order valence-corrected chi connectivity index (χ0v) is 16.5. The zero-order chi connectivity index (χ0) is 19.3. The van der Waals surface area contributed by atoms with E-state index in [0.29, 0.717) is 13.1 Å². The molecule has 1 amide bonds. The first kappa shape index (κ1) is 18.7. The summed E-state index contributed by atoms with van der Waals surface area (Å²) in [6.07, 6.45) is 4.93. The Balaban J connectivity index is 1.43. The molecular formula is C23H28N2O3. The maximum Gasteiger partial charge on any atom is 0.242 e. The Bertz CT molecular complexity index is 803. The van der Waals surface area contributed by atoms with E-state index in [4.69, 9.17) is 9.47 Å². The predicted molar refractivity (Wildman–Crippen MR) is 110 cm³/mol. The van der Waals surface area contributed by atoms with E-state index in [-0.39, 0.29) is 12.0 Å². The third-order valence-electron chi connectivity index (χ3n) is 5.64. The number of carbonyl (C=O) groups excluding carboxylic acids is 1. The lowest BCUT2D eigenvalue weighted by atomic mass is 10.1. The minimum absolute atomic E-state index is 0.157. The fraction of sp³-hybridized carbons (Fsp3) is 0.435. The summed E-state index contributed by atoms with van der Waals surface area (Å²) >= 11 is 0. The van der Waals surface area contributed by atoms with Crippen molar-refractivity contribution in [3.63, 3.8) is 0 Å². The number of rotatable bonds is 6. The van der Waals surface area contributed by atoms with Crippen LogP contribution >= 0.6 is 0 Å². The average Bonchev–Trinajstić information content (AvgIpc) is 3.23. The van der Waals surface area contributed by atoms with E-state index in [1.54, 1.807) is 7.11 Å². The highest BCUT2D eigenvalue weighted by Gasteiger charge is 2.25. The van der Waals surface area contributed by atoms with Crippen LogP contribution in [0.1, 0.15) is 31.2 Å². The average molecular weight is 380 g/mol. The van der Waals surface area contributed by atoms with Gasteiger partial charge in [0.05, 0.1) is 19.8 Å². The highest BCUT2D eigenvalue weighted by molar-refractivity contribution is 5.83. The van der Waals surface area contributed by atoms with Crippen LogP contribution in [0.15, 0.2) is 48.5 Å². The molecule has 0 atom stereocenters. The largest absolute Gasteiger partial charge is 0.493 e. The lowest BCUT2D eigenvalue weighted by Crippen LogP contribution is -2.50. The Kier molecular flexibility index (Phi) is 5.70. The molecule has 2 aliphatic rings. The predicted octanol–water partition coefficient (Wildman–Crippen LogP) is 3.87. The molecule has 0 bridgehead atoms. The van der Waals surface area contributed by atoms with E-state index in [2.05, 4.69) is 17.0 Å². The fourth-order valence-corrected chi connectivity index (χ4v) is 4.04. The van der Waals surface area contributed by atoms with Crippen molar-refractivity contribution in [3.05, 3.63) is 54.1 Å². The normalized spacial score (nSPS) is 17.8. The summed E-state index contributed by atoms with van der Waals surface area (Å²) in [7, 11) is 1.67. The number of benzene rings is 2. The molecular weight excluding hydrogens is 352 g/mol. The lowest BCUT2D eigenvalue weighted by Gasteiger charge is -2.36. The van der Waals surface area contributed by atoms with Gasteiger partial charge in [0.25, 0.3) is 0 Å². The number of methoxy groups -OCH3 is 1. The van der Waals surface area contributed by atoms with Crippen molar-refractivity contribution in [1.29, 1.82) is 0 Å². The highest BCUT2D eigenvalue weighted by Crippen LogP contribution is 2.35. The van der Waals surface area contributed by atoms with E-state index in [1.165, 1.54) is 18.4 Å². The van der Waals surface area contributed by atoms with Crippen LogP contribution in [0, 0.1) is 0 Å². The first-order chi connectivity index (χ1) is 13.7. The summed E-state index contributed by atoms with van der Waals surface area (Å²) in [5, 5.41) is 0. The number of piperazine rings is 1. The number of hydrogen-bond donors (Lipinski definition) is 0. The SMILES string of the molecule is COc1ccc(N2CCN(Cc3ccccc3)C(=O)C2)cc1OC1CCCC1. The van der Waals surface area contributed by atoms with Gasteiger partial charge in [-0.25, -0.2) is 0 Å². The lowest BCUT2D eigenvalue weighted by molar-refractivity contribution is -0.131. The molecule has 148 valence electrons. The number of amides is 1. The molecule has 0 unspecified atom stereocenters. The fourth-order valence-electron chi connectivity index (χ4n) is 4.04. The van der Waals surface area contributed by atoms with Crippen LogP contribution < -0.4 is 14.4 Å². The minimum atomic E-state index is 0.157. The molecule has 1 heterocycles. The quantitative estimate of drug-likeness (QED) is 0.763. The Labute approximate surface area is 166 Å². The van der Waals surface area contributed by atoms with Gasteiger partial charge in [0.1, 0.15) is 0 Å². The van der Waals surface area contributed by atoms with Crippen molar-refractivity contribution in [2.24, 2.45) is 0 Å². The van der Waals surface area contributed by atoms with Gasteiger partial charge in [-0.3, -0.25) is 4.79 Å². The number of nitrogens with zero attached hydrogens (tertiary/aromatic N) is 2. The third kappa shape index (κ3) is 4.24. The van der Waals surface area contributed by atoms with Crippen LogP contribution in [0.5, 0.6) is 11.5 Å². The van der Waals surface area contributed by atoms with Crippen molar-refractivity contribution in [2.45, 2.75) is 38.3 Å². The maximum absolute atomic E-state index is 12.7. The van der Waals surface area contributed by atoms with Gasteiger partial charge in [-0.05, 0) is 43.4 Å². The molecule has 0 N–H and O–H groups in total. The van der Waals surface area contributed by atoms with Gasteiger partial charge in [-0.2, -0.15) is 0 Å². The zero-order valence-electron chi connectivity index (χ0n) is 16.5. The maximum atomic E-state index is 12.7. The van der Waals surface area contributed by atoms with Gasteiger partial charge in [0, 0.05) is 31.4 Å². The van der Waals surface area contributed by atoms with Crippen molar-refractivity contribution in [3.8, 4) is 11.5 Å². The molecule has 5 heteroatoms. The second-order valence-corrected chi connectivity index (χ2v) is 7.58. The molecule has 1 aliphatic heterocycles. The van der Waals surface area contributed by atoms with E-state index in [0.717, 1.165) is 43.1 Å². The summed E-state index contributed by atoms with van der Waals surface area (Å²) < 4.78 is 11.7. The van der Waals surface area contributed by atoms with Crippen molar-refractivity contribution in [1.82, 2.24) is 4.90 Å². The van der Waals surface area contributed by atoms with Crippen molar-refractivity contribution < 1.29 is 14.3 Å². The molecule has 4 rings (SSSR count). The first-order valence-electron chi connectivity index (χ1n) is 10.1. The van der Waals surface area contributed by atoms with Gasteiger partial charge in [0.15, 0.2) is 11.5 Å². The standard InChI is InChI=1S/C23H28N2O3/c1-27-21-12-11-19(15-22(21)28-20-9-5-6-10-20)24-13-14-25(23(26)17-24)16-18-7-3-2-4-8-18/h2-4,7-8,11-12,15,20H,5-6,9-10,13-14,16-17H2,1H3. The number of ether oxygens (including phenoxy) is 2. The van der Waals surface area contributed by atoms with Gasteiger partial charge in [-0.15, -0.1) is 0 Å². The Morgan fingerprint density at radius 2 is 1.79 bits per heavy atom. The number of carbonyl (C=O) groups is 1. The topological polar surface area (TPSA) is 42.0 Å². The summed E-state index contributed by atoms with van der Waals surface area (Å²) in [5.74, 6) is 1.69. The van der Waals surface area contributed by atoms with Gasteiger partial charge < -0.3 is 19.3 Å². The van der Waals surface area contributed by atoms with Gasteiger partial charge in [-0.1, -0.05) is 30.3 Å². The van der Waals surface area contributed by atoms with E-state index in [9.17, 15) is 4.79 Å². The summed E-state index contributed by atoms with van der Waals surface area (Å²) in [6.45, 7) is 2.60. The Hall–Kier alpha value is -2.69. The number of hydrogen-bond acceptors (Lipinski definition) is 4. The van der Waals surface area contributed by atoms with Crippen LogP contribution in [0.25, 0.3) is 0 Å². The first-order valence-corrected chi connectivity index (χ1v) is 10.1. The van der Waals surface area contributed by atoms with E-state index < -0.39 is 0 Å². The molecule has 1 saturated carbocycles.